The Morgan fingerprint density at radius 1 is 1.21 bits per heavy atom. The molecule has 1 amide bonds. The quantitative estimate of drug-likeness (QED) is 0.489. The Morgan fingerprint density at radius 3 is 2.69 bits per heavy atom. The van der Waals surface area contributed by atoms with Crippen molar-refractivity contribution in [2.75, 3.05) is 13.2 Å². The van der Waals surface area contributed by atoms with Crippen LogP contribution in [0.2, 0.25) is 0 Å². The van der Waals surface area contributed by atoms with Crippen LogP contribution in [-0.2, 0) is 16.6 Å². The third-order valence-electron chi connectivity index (χ3n) is 4.71. The molecule has 2 aromatic heterocycles. The van der Waals surface area contributed by atoms with Gasteiger partial charge in [0.25, 0.3) is 0 Å². The molecule has 0 spiro atoms. The van der Waals surface area contributed by atoms with Crippen molar-refractivity contribution in [3.8, 4) is 16.3 Å². The number of aromatic amines is 1. The first-order chi connectivity index (χ1) is 13.9. The van der Waals surface area contributed by atoms with Gasteiger partial charge < -0.3 is 15.0 Å². The lowest BCUT2D eigenvalue weighted by Gasteiger charge is -2.19. The number of ether oxygens (including phenoxy) is 1. The molecule has 29 heavy (non-hydrogen) atoms. The molecule has 0 unspecified atom stereocenters. The molecule has 1 aromatic carbocycles. The maximum Gasteiger partial charge on any atom is 0.220 e. The van der Waals surface area contributed by atoms with Crippen LogP contribution in [0.15, 0.2) is 48.1 Å². The highest BCUT2D eigenvalue weighted by atomic mass is 32.1. The molecule has 0 saturated carbocycles. The van der Waals surface area contributed by atoms with Gasteiger partial charge in [-0.15, -0.1) is 11.3 Å². The van der Waals surface area contributed by atoms with E-state index in [0.717, 1.165) is 28.4 Å². The van der Waals surface area contributed by atoms with E-state index < -0.39 is 0 Å². The Kier molecular flexibility index (Phi) is 7.09. The van der Waals surface area contributed by atoms with E-state index in [1.54, 1.807) is 17.7 Å². The van der Waals surface area contributed by atoms with E-state index in [4.69, 9.17) is 4.74 Å². The minimum atomic E-state index is 0.0499. The molecule has 3 aromatic rings. The number of aromatic nitrogens is 2. The summed E-state index contributed by atoms with van der Waals surface area (Å²) >= 11 is 1.66. The smallest absolute Gasteiger partial charge is 0.220 e. The van der Waals surface area contributed by atoms with Crippen molar-refractivity contribution in [2.45, 2.75) is 45.4 Å². The van der Waals surface area contributed by atoms with Crippen LogP contribution < -0.4 is 10.1 Å². The molecule has 6 heteroatoms. The Labute approximate surface area is 176 Å². The first-order valence-corrected chi connectivity index (χ1v) is 10.9. The van der Waals surface area contributed by atoms with Crippen LogP contribution in [0.5, 0.6) is 5.75 Å². The second kappa shape index (κ2) is 9.74. The van der Waals surface area contributed by atoms with Gasteiger partial charge in [0.2, 0.25) is 5.91 Å². The number of hydrogen-bond donors (Lipinski definition) is 2. The number of hydrogen-bond acceptors (Lipinski definition) is 4. The zero-order valence-electron chi connectivity index (χ0n) is 17.3. The topological polar surface area (TPSA) is 67.0 Å². The number of nitrogens with one attached hydrogen (secondary N) is 2. The fourth-order valence-electron chi connectivity index (χ4n) is 3.03. The Bertz CT molecular complexity index is 893. The highest BCUT2D eigenvalue weighted by Gasteiger charge is 2.13. The number of imidazole rings is 1. The molecule has 0 atom stereocenters. The van der Waals surface area contributed by atoms with Gasteiger partial charge in [-0.1, -0.05) is 39.0 Å². The van der Waals surface area contributed by atoms with Gasteiger partial charge in [0.05, 0.1) is 17.8 Å². The van der Waals surface area contributed by atoms with E-state index in [1.165, 1.54) is 5.56 Å². The molecule has 0 saturated heterocycles. The Morgan fingerprint density at radius 2 is 2.00 bits per heavy atom. The lowest BCUT2D eigenvalue weighted by molar-refractivity contribution is -0.121. The SMILES string of the molecule is CC(C)(C)c1ccc(OCCCC(=O)NCCc2[nH]cnc2-c2cccs2)cc1. The molecule has 0 aliphatic rings. The molecule has 0 aliphatic carbocycles. The van der Waals surface area contributed by atoms with Crippen LogP contribution in [0, 0.1) is 0 Å². The molecule has 0 bridgehead atoms. The number of nitrogens with zero attached hydrogens (tertiary/aromatic N) is 1. The van der Waals surface area contributed by atoms with Gasteiger partial charge in [-0.2, -0.15) is 0 Å². The lowest BCUT2D eigenvalue weighted by atomic mass is 9.87. The van der Waals surface area contributed by atoms with Gasteiger partial charge >= 0.3 is 0 Å². The van der Waals surface area contributed by atoms with Crippen LogP contribution in [0.25, 0.3) is 10.6 Å². The van der Waals surface area contributed by atoms with Crippen molar-refractivity contribution in [1.82, 2.24) is 15.3 Å². The fraction of sp³-hybridized carbons (Fsp3) is 0.391. The van der Waals surface area contributed by atoms with Crippen molar-refractivity contribution in [3.05, 3.63) is 59.4 Å². The summed E-state index contributed by atoms with van der Waals surface area (Å²) in [5, 5.41) is 5.02. The van der Waals surface area contributed by atoms with Crippen LogP contribution in [0.1, 0.15) is 44.9 Å². The van der Waals surface area contributed by atoms with E-state index in [9.17, 15) is 4.79 Å². The van der Waals surface area contributed by atoms with Crippen molar-refractivity contribution in [2.24, 2.45) is 0 Å². The molecular weight excluding hydrogens is 382 g/mol. The van der Waals surface area contributed by atoms with Gasteiger partial charge in [-0.3, -0.25) is 4.79 Å². The summed E-state index contributed by atoms with van der Waals surface area (Å²) in [6, 6.07) is 12.3. The molecule has 154 valence electrons. The Balaban J connectivity index is 1.33. The van der Waals surface area contributed by atoms with Gasteiger partial charge in [0, 0.05) is 25.1 Å². The number of thiophene rings is 1. The van der Waals surface area contributed by atoms with E-state index in [-0.39, 0.29) is 11.3 Å². The fourth-order valence-corrected chi connectivity index (χ4v) is 3.77. The predicted octanol–water partition coefficient (Wildman–Crippen LogP) is 4.95. The number of amides is 1. The van der Waals surface area contributed by atoms with E-state index in [1.807, 2.05) is 23.6 Å². The summed E-state index contributed by atoms with van der Waals surface area (Å²) in [5.41, 5.74) is 3.44. The molecular formula is C23H29N3O2S. The number of carbonyl (C=O) groups is 1. The normalized spacial score (nSPS) is 11.4. The standard InChI is InChI=1S/C23H29N3O2S/c1-23(2,3)17-8-10-18(11-9-17)28-14-4-7-21(27)24-13-12-19-22(26-16-25-19)20-6-5-15-29-20/h5-6,8-11,15-16H,4,7,12-14H2,1-3H3,(H,24,27)(H,25,26). The minimum absolute atomic E-state index is 0.0499. The highest BCUT2D eigenvalue weighted by molar-refractivity contribution is 7.13. The van der Waals surface area contributed by atoms with Crippen molar-refractivity contribution in [1.29, 1.82) is 0 Å². The summed E-state index contributed by atoms with van der Waals surface area (Å²) in [7, 11) is 0. The van der Waals surface area contributed by atoms with Gasteiger partial charge in [0.15, 0.2) is 0 Å². The molecule has 3 rings (SSSR count). The number of benzene rings is 1. The van der Waals surface area contributed by atoms with Crippen LogP contribution in [0.4, 0.5) is 0 Å². The maximum atomic E-state index is 12.1. The largest absolute Gasteiger partial charge is 0.494 e. The predicted molar refractivity (Wildman–Crippen MR) is 118 cm³/mol. The number of rotatable bonds is 9. The zero-order chi connectivity index (χ0) is 20.7. The minimum Gasteiger partial charge on any atom is -0.494 e. The number of carbonyl (C=O) groups excluding carboxylic acids is 1. The third-order valence-corrected chi connectivity index (χ3v) is 5.58. The molecule has 0 fully saturated rings. The molecule has 5 nitrogen and oxygen atoms in total. The van der Waals surface area contributed by atoms with Gasteiger partial charge in [-0.05, 0) is 41.0 Å². The monoisotopic (exact) mass is 411 g/mol. The first-order valence-electron chi connectivity index (χ1n) is 9.99. The van der Waals surface area contributed by atoms with Crippen molar-refractivity contribution in [3.63, 3.8) is 0 Å². The molecule has 2 N–H and O–H groups in total. The van der Waals surface area contributed by atoms with Crippen molar-refractivity contribution < 1.29 is 9.53 Å². The molecule has 0 aliphatic heterocycles. The van der Waals surface area contributed by atoms with E-state index in [0.29, 0.717) is 26.0 Å². The average molecular weight is 412 g/mol. The first kappa shape index (κ1) is 21.1. The van der Waals surface area contributed by atoms with Crippen molar-refractivity contribution >= 4 is 17.2 Å². The van der Waals surface area contributed by atoms with Gasteiger partial charge in [-0.25, -0.2) is 4.98 Å². The summed E-state index contributed by atoms with van der Waals surface area (Å²) in [5.74, 6) is 0.896. The molecule has 0 radical (unpaired) electrons. The average Bonchev–Trinajstić information content (AvgIpc) is 3.36. The van der Waals surface area contributed by atoms with E-state index >= 15 is 0 Å². The van der Waals surface area contributed by atoms with E-state index in [2.05, 4.69) is 54.3 Å². The van der Waals surface area contributed by atoms with Crippen LogP contribution in [0.3, 0.4) is 0 Å². The van der Waals surface area contributed by atoms with Crippen LogP contribution >= 0.6 is 11.3 Å². The summed E-state index contributed by atoms with van der Waals surface area (Å²) < 4.78 is 5.75. The highest BCUT2D eigenvalue weighted by Crippen LogP contribution is 2.25. The second-order valence-corrected chi connectivity index (χ2v) is 8.98. The van der Waals surface area contributed by atoms with Gasteiger partial charge in [0.1, 0.15) is 11.4 Å². The summed E-state index contributed by atoms with van der Waals surface area (Å²) in [6.07, 6.45) is 3.59. The second-order valence-electron chi connectivity index (χ2n) is 8.03. The third kappa shape index (κ3) is 6.19. The van der Waals surface area contributed by atoms with Crippen LogP contribution in [-0.4, -0.2) is 29.0 Å². The zero-order valence-corrected chi connectivity index (χ0v) is 18.1. The maximum absolute atomic E-state index is 12.1. The Hall–Kier alpha value is -2.60. The summed E-state index contributed by atoms with van der Waals surface area (Å²) in [6.45, 7) is 7.70. The molecule has 2 heterocycles. The summed E-state index contributed by atoms with van der Waals surface area (Å²) in [4.78, 5) is 20.8. The number of H-pyrrole nitrogens is 1. The lowest BCUT2D eigenvalue weighted by Crippen LogP contribution is -2.26.